The third-order valence-corrected chi connectivity index (χ3v) is 5.69. The van der Waals surface area contributed by atoms with Gasteiger partial charge in [0, 0.05) is 31.7 Å². The molecule has 1 fully saturated rings. The Labute approximate surface area is 186 Å². The molecule has 1 saturated heterocycles. The number of fused-ring (bicyclic) bond motifs is 3. The van der Waals surface area contributed by atoms with Crippen LogP contribution < -0.4 is 10.1 Å². The van der Waals surface area contributed by atoms with E-state index in [4.69, 9.17) is 4.74 Å². The highest BCUT2D eigenvalue weighted by Gasteiger charge is 2.28. The fraction of sp³-hybridized carbons (Fsp3) is 0.304. The Morgan fingerprint density at radius 2 is 1.81 bits per heavy atom. The summed E-state index contributed by atoms with van der Waals surface area (Å²) >= 11 is 0. The molecule has 8 heteroatoms. The number of ether oxygens (including phenoxy) is 1. The average Bonchev–Trinajstić information content (AvgIpc) is 3.40. The fourth-order valence-electron chi connectivity index (χ4n) is 4.10. The number of anilines is 1. The predicted octanol–water partition coefficient (Wildman–Crippen LogP) is 4.20. The largest absolute Gasteiger partial charge is 0.511 e. The van der Waals surface area contributed by atoms with E-state index in [1.807, 2.05) is 41.0 Å². The molecule has 0 bridgehead atoms. The molecule has 3 heterocycles. The molecule has 0 atom stereocenters. The molecule has 2 N–H and O–H groups in total. The Balaban J connectivity index is 0.00000231. The lowest BCUT2D eigenvalue weighted by Crippen LogP contribution is -2.24. The van der Waals surface area contributed by atoms with Gasteiger partial charge in [-0.25, -0.2) is 4.98 Å². The molecule has 0 radical (unpaired) electrons. The summed E-state index contributed by atoms with van der Waals surface area (Å²) in [5.74, 6) is 0.972. The van der Waals surface area contributed by atoms with E-state index >= 15 is 0 Å². The number of hydrogen-bond donors (Lipinski definition) is 2. The van der Waals surface area contributed by atoms with Crippen molar-refractivity contribution in [2.24, 2.45) is 0 Å². The van der Waals surface area contributed by atoms with Gasteiger partial charge in [0.25, 0.3) is 5.91 Å². The van der Waals surface area contributed by atoms with Crippen LogP contribution in [0.1, 0.15) is 25.1 Å². The molecule has 1 amide bonds. The zero-order chi connectivity index (χ0) is 20.5. The standard InChI is InChI=1S/C23H24N4O3.ClH/c28-20-11-14-27-19-6-2-1-5-18(19)25-22(27)21(20)23(29)24-16-7-9-17(10-8-16)30-15-26-12-3-4-13-26;/h1-2,5-10,28H,3-4,11-15H2,(H,24,29);1H. The maximum Gasteiger partial charge on any atom is 0.262 e. The van der Waals surface area contributed by atoms with Gasteiger partial charge in [-0.05, 0) is 49.2 Å². The van der Waals surface area contributed by atoms with Crippen LogP contribution in [0.25, 0.3) is 16.6 Å². The molecule has 0 unspecified atom stereocenters. The highest BCUT2D eigenvalue weighted by atomic mass is 35.5. The second kappa shape index (κ2) is 8.99. The molecule has 162 valence electrons. The summed E-state index contributed by atoms with van der Waals surface area (Å²) in [5, 5.41) is 13.3. The number of nitrogens with zero attached hydrogens (tertiary/aromatic N) is 3. The smallest absolute Gasteiger partial charge is 0.262 e. The summed E-state index contributed by atoms with van der Waals surface area (Å²) in [7, 11) is 0. The summed E-state index contributed by atoms with van der Waals surface area (Å²) in [6, 6.07) is 15.0. The number of carbonyl (C=O) groups excluding carboxylic acids is 1. The quantitative estimate of drug-likeness (QED) is 0.621. The molecule has 2 aliphatic rings. The van der Waals surface area contributed by atoms with E-state index < -0.39 is 0 Å². The number of halogens is 1. The number of aliphatic hydroxyl groups is 1. The van der Waals surface area contributed by atoms with Crippen LogP contribution in [-0.2, 0) is 11.3 Å². The van der Waals surface area contributed by atoms with E-state index in [0.717, 1.165) is 29.9 Å². The molecule has 2 aliphatic heterocycles. The van der Waals surface area contributed by atoms with Crippen molar-refractivity contribution in [3.05, 3.63) is 60.1 Å². The lowest BCUT2D eigenvalue weighted by Gasteiger charge is -2.19. The number of aromatic nitrogens is 2. The number of aliphatic hydroxyl groups excluding tert-OH is 1. The lowest BCUT2D eigenvalue weighted by atomic mass is 10.1. The van der Waals surface area contributed by atoms with Crippen molar-refractivity contribution in [2.45, 2.75) is 25.8 Å². The van der Waals surface area contributed by atoms with Crippen LogP contribution in [0.15, 0.2) is 54.3 Å². The van der Waals surface area contributed by atoms with Crippen molar-refractivity contribution in [2.75, 3.05) is 25.1 Å². The summed E-state index contributed by atoms with van der Waals surface area (Å²) in [6.07, 6.45) is 2.86. The van der Waals surface area contributed by atoms with E-state index in [1.54, 1.807) is 12.1 Å². The van der Waals surface area contributed by atoms with E-state index in [0.29, 0.717) is 31.2 Å². The van der Waals surface area contributed by atoms with Crippen LogP contribution in [0.5, 0.6) is 5.75 Å². The van der Waals surface area contributed by atoms with Crippen LogP contribution in [-0.4, -0.2) is 45.3 Å². The molecule has 31 heavy (non-hydrogen) atoms. The van der Waals surface area contributed by atoms with Crippen LogP contribution in [0.2, 0.25) is 0 Å². The SMILES string of the molecule is Cl.O=C(Nc1ccc(OCN2CCCC2)cc1)C1=C(O)CCn2c1nc1ccccc12. The van der Waals surface area contributed by atoms with Crippen molar-refractivity contribution in [1.29, 1.82) is 0 Å². The maximum absolute atomic E-state index is 13.0. The Bertz CT molecular complexity index is 1120. The van der Waals surface area contributed by atoms with Gasteiger partial charge >= 0.3 is 0 Å². The Hall–Kier alpha value is -3.03. The first-order valence-electron chi connectivity index (χ1n) is 10.3. The Kier molecular flexibility index (Phi) is 6.15. The number of imidazole rings is 1. The van der Waals surface area contributed by atoms with Crippen LogP contribution >= 0.6 is 12.4 Å². The van der Waals surface area contributed by atoms with Crippen molar-refractivity contribution < 1.29 is 14.6 Å². The third kappa shape index (κ3) is 4.24. The number of nitrogens with one attached hydrogen (secondary N) is 1. The van der Waals surface area contributed by atoms with Gasteiger partial charge in [0.2, 0.25) is 0 Å². The highest BCUT2D eigenvalue weighted by molar-refractivity contribution is 6.25. The van der Waals surface area contributed by atoms with Crippen molar-refractivity contribution >= 4 is 40.6 Å². The molecular formula is C23H25ClN4O3. The van der Waals surface area contributed by atoms with Crippen molar-refractivity contribution in [1.82, 2.24) is 14.5 Å². The number of benzene rings is 2. The van der Waals surface area contributed by atoms with Gasteiger partial charge in [-0.15, -0.1) is 12.4 Å². The van der Waals surface area contributed by atoms with Gasteiger partial charge in [-0.3, -0.25) is 9.69 Å². The van der Waals surface area contributed by atoms with Gasteiger partial charge in [-0.2, -0.15) is 0 Å². The first kappa shape index (κ1) is 21.2. The zero-order valence-corrected chi connectivity index (χ0v) is 17.9. The highest BCUT2D eigenvalue weighted by Crippen LogP contribution is 2.30. The number of aryl methyl sites for hydroxylation is 1. The molecule has 1 aromatic heterocycles. The lowest BCUT2D eigenvalue weighted by molar-refractivity contribution is -0.111. The molecule has 5 rings (SSSR count). The number of carbonyl (C=O) groups is 1. The summed E-state index contributed by atoms with van der Waals surface area (Å²) in [6.45, 7) is 3.35. The summed E-state index contributed by atoms with van der Waals surface area (Å²) in [5.41, 5.74) is 2.64. The molecule has 0 spiro atoms. The van der Waals surface area contributed by atoms with Crippen molar-refractivity contribution in [3.8, 4) is 5.75 Å². The zero-order valence-electron chi connectivity index (χ0n) is 17.1. The van der Waals surface area contributed by atoms with Gasteiger partial charge in [0.1, 0.15) is 29.6 Å². The number of amides is 1. The molecular weight excluding hydrogens is 416 g/mol. The van der Waals surface area contributed by atoms with Crippen LogP contribution in [0.3, 0.4) is 0 Å². The number of rotatable bonds is 5. The summed E-state index contributed by atoms with van der Waals surface area (Å²) < 4.78 is 7.80. The first-order chi connectivity index (χ1) is 14.7. The van der Waals surface area contributed by atoms with Gasteiger partial charge in [0.15, 0.2) is 0 Å². The number of hydrogen-bond acceptors (Lipinski definition) is 5. The van der Waals surface area contributed by atoms with E-state index in [2.05, 4.69) is 15.2 Å². The normalized spacial score (nSPS) is 16.1. The van der Waals surface area contributed by atoms with Crippen molar-refractivity contribution in [3.63, 3.8) is 0 Å². The number of allylic oxidation sites excluding steroid dienone is 1. The fourth-order valence-corrected chi connectivity index (χ4v) is 4.10. The van der Waals surface area contributed by atoms with Gasteiger partial charge in [-0.1, -0.05) is 12.1 Å². The van der Waals surface area contributed by atoms with E-state index in [-0.39, 0.29) is 29.6 Å². The average molecular weight is 441 g/mol. The Morgan fingerprint density at radius 3 is 2.58 bits per heavy atom. The summed E-state index contributed by atoms with van der Waals surface area (Å²) in [4.78, 5) is 19.8. The minimum absolute atomic E-state index is 0. The van der Waals surface area contributed by atoms with E-state index in [9.17, 15) is 9.90 Å². The molecule has 7 nitrogen and oxygen atoms in total. The predicted molar refractivity (Wildman–Crippen MR) is 123 cm³/mol. The maximum atomic E-state index is 13.0. The van der Waals surface area contributed by atoms with Gasteiger partial charge in [0.05, 0.1) is 11.0 Å². The van der Waals surface area contributed by atoms with Crippen LogP contribution in [0.4, 0.5) is 5.69 Å². The second-order valence-corrected chi connectivity index (χ2v) is 7.72. The molecule has 3 aromatic rings. The number of para-hydroxylation sites is 2. The molecule has 0 saturated carbocycles. The van der Waals surface area contributed by atoms with E-state index in [1.165, 1.54) is 12.8 Å². The Morgan fingerprint density at radius 1 is 1.06 bits per heavy atom. The minimum Gasteiger partial charge on any atom is -0.511 e. The third-order valence-electron chi connectivity index (χ3n) is 5.69. The monoisotopic (exact) mass is 440 g/mol. The molecule has 0 aliphatic carbocycles. The number of likely N-dealkylation sites (tertiary alicyclic amines) is 1. The second-order valence-electron chi connectivity index (χ2n) is 7.72. The van der Waals surface area contributed by atoms with Crippen LogP contribution in [0, 0.1) is 0 Å². The van der Waals surface area contributed by atoms with Gasteiger partial charge < -0.3 is 19.7 Å². The molecule has 2 aromatic carbocycles. The minimum atomic E-state index is -0.366. The topological polar surface area (TPSA) is 79.6 Å². The first-order valence-corrected chi connectivity index (χ1v) is 10.3.